The first-order chi connectivity index (χ1) is 12.4. The topological polar surface area (TPSA) is 99.1 Å². The lowest BCUT2D eigenvalue weighted by molar-refractivity contribution is -0.149. The van der Waals surface area contributed by atoms with E-state index in [1.54, 1.807) is 12.1 Å². The van der Waals surface area contributed by atoms with Crippen molar-refractivity contribution in [3.63, 3.8) is 0 Å². The highest BCUT2D eigenvalue weighted by Crippen LogP contribution is 2.36. The van der Waals surface area contributed by atoms with Crippen LogP contribution >= 0.6 is 0 Å². The maximum Gasteiger partial charge on any atom is 0.526 e. The smallest absolute Gasteiger partial charge is 0.526 e. The summed E-state index contributed by atoms with van der Waals surface area (Å²) in [5, 5.41) is 10.2. The normalized spacial score (nSPS) is 15.3. The lowest BCUT2D eigenvalue weighted by atomic mass is 9.64. The summed E-state index contributed by atoms with van der Waals surface area (Å²) in [6, 6.07) is 4.89. The molecule has 2 rings (SSSR count). The fourth-order valence-corrected chi connectivity index (χ4v) is 2.67. The lowest BCUT2D eigenvalue weighted by Crippen LogP contribution is -2.36. The molecule has 1 aromatic carbocycles. The minimum absolute atomic E-state index is 0.0454. The van der Waals surface area contributed by atoms with E-state index in [4.69, 9.17) is 15.8 Å². The summed E-state index contributed by atoms with van der Waals surface area (Å²) in [4.78, 5) is 34.8. The summed E-state index contributed by atoms with van der Waals surface area (Å²) in [5.41, 5.74) is 0.804. The van der Waals surface area contributed by atoms with Crippen LogP contribution in [0.5, 0.6) is 5.75 Å². The van der Waals surface area contributed by atoms with E-state index >= 15 is 0 Å². The van der Waals surface area contributed by atoms with E-state index in [1.165, 1.54) is 13.0 Å². The van der Waals surface area contributed by atoms with E-state index in [0.717, 1.165) is 0 Å². The lowest BCUT2D eigenvalue weighted by Gasteiger charge is -2.28. The van der Waals surface area contributed by atoms with E-state index < -0.39 is 31.7 Å². The third-order valence-electron chi connectivity index (χ3n) is 3.93. The van der Waals surface area contributed by atoms with Gasteiger partial charge in [-0.15, -0.1) is 12.3 Å². The van der Waals surface area contributed by atoms with Gasteiger partial charge in [0.05, 0.1) is 0 Å². The predicted molar refractivity (Wildman–Crippen MR) is 92.2 cm³/mol. The van der Waals surface area contributed by atoms with E-state index in [9.17, 15) is 19.4 Å². The number of terminal acetylenes is 1. The highest BCUT2D eigenvalue weighted by atomic mass is 16.7. The number of fused-ring (bicyclic) bond motifs is 1. The molecule has 26 heavy (non-hydrogen) atoms. The number of ketones is 1. The molecule has 7 nitrogen and oxygen atoms in total. The first kappa shape index (κ1) is 19.5. The second-order valence-electron chi connectivity index (χ2n) is 5.90. The second-order valence-corrected chi connectivity index (χ2v) is 5.90. The van der Waals surface area contributed by atoms with Crippen molar-refractivity contribution < 1.29 is 33.5 Å². The van der Waals surface area contributed by atoms with Gasteiger partial charge in [-0.1, -0.05) is 12.1 Å². The molecule has 0 amide bonds. The van der Waals surface area contributed by atoms with Gasteiger partial charge in [0, 0.05) is 32.0 Å². The van der Waals surface area contributed by atoms with Crippen molar-refractivity contribution >= 4 is 24.8 Å². The van der Waals surface area contributed by atoms with Gasteiger partial charge in [0.15, 0.2) is 0 Å². The Bertz CT molecular complexity index is 738. The largest absolute Gasteiger partial charge is 0.535 e. The zero-order valence-corrected chi connectivity index (χ0v) is 14.4. The summed E-state index contributed by atoms with van der Waals surface area (Å²) < 4.78 is 14.9. The number of esters is 2. The average Bonchev–Trinajstić information content (AvgIpc) is 2.59. The zero-order chi connectivity index (χ0) is 19.1. The monoisotopic (exact) mass is 358 g/mol. The van der Waals surface area contributed by atoms with E-state index in [0.29, 0.717) is 18.4 Å². The van der Waals surface area contributed by atoms with Crippen molar-refractivity contribution in [2.45, 2.75) is 38.4 Å². The van der Waals surface area contributed by atoms with Gasteiger partial charge in [0.2, 0.25) is 6.79 Å². The molecule has 1 atom stereocenters. The molecule has 1 aromatic rings. The molecule has 1 heterocycles. The van der Waals surface area contributed by atoms with Crippen LogP contribution in [0, 0.1) is 12.3 Å². The van der Waals surface area contributed by atoms with Gasteiger partial charge in [-0.3, -0.25) is 9.59 Å². The summed E-state index contributed by atoms with van der Waals surface area (Å²) in [6.07, 6.45) is 6.29. The Morgan fingerprint density at radius 3 is 2.85 bits per heavy atom. The molecule has 0 unspecified atom stereocenters. The van der Waals surface area contributed by atoms with Gasteiger partial charge in [-0.05, 0) is 18.1 Å². The van der Waals surface area contributed by atoms with Crippen LogP contribution in [0.2, 0.25) is 5.82 Å². The fraction of sp³-hybridized carbons (Fsp3) is 0.389. The van der Waals surface area contributed by atoms with E-state index in [2.05, 4.69) is 10.7 Å². The molecule has 0 spiro atoms. The van der Waals surface area contributed by atoms with Crippen molar-refractivity contribution in [1.29, 1.82) is 0 Å². The van der Waals surface area contributed by atoms with Crippen molar-refractivity contribution in [2.75, 3.05) is 6.79 Å². The van der Waals surface area contributed by atoms with E-state index in [1.807, 2.05) is 0 Å². The van der Waals surface area contributed by atoms with Gasteiger partial charge in [-0.2, -0.15) is 0 Å². The maximum atomic E-state index is 12.1. The Morgan fingerprint density at radius 2 is 2.15 bits per heavy atom. The molecule has 0 bridgehead atoms. The molecule has 1 N–H and O–H groups in total. The zero-order valence-electron chi connectivity index (χ0n) is 14.4. The first-order valence-corrected chi connectivity index (χ1v) is 8.14. The Hall–Kier alpha value is -2.79. The van der Waals surface area contributed by atoms with Crippen molar-refractivity contribution in [1.82, 2.24) is 0 Å². The SMILES string of the molecule is C#CCCC(=O)C[C@H]1Cc2cccc(C(=O)OCOC(C)=O)c2OB1O. The number of benzene rings is 1. The number of ether oxygens (including phenoxy) is 2. The fourth-order valence-electron chi connectivity index (χ4n) is 2.67. The number of hydrogen-bond acceptors (Lipinski definition) is 7. The molecule has 0 radical (unpaired) electrons. The summed E-state index contributed by atoms with van der Waals surface area (Å²) in [6.45, 7) is 0.690. The first-order valence-electron chi connectivity index (χ1n) is 8.14. The van der Waals surface area contributed by atoms with Gasteiger partial charge >= 0.3 is 19.1 Å². The summed E-state index contributed by atoms with van der Waals surface area (Å²) >= 11 is 0. The predicted octanol–water partition coefficient (Wildman–Crippen LogP) is 1.52. The molecule has 0 aromatic heterocycles. The molecule has 1 aliphatic rings. The van der Waals surface area contributed by atoms with Crippen LogP contribution < -0.4 is 4.65 Å². The number of Topliss-reactive ketones (excluding diaryl/α,β-unsaturated/α-hetero) is 1. The third-order valence-corrected chi connectivity index (χ3v) is 3.93. The van der Waals surface area contributed by atoms with Crippen molar-refractivity contribution in [3.8, 4) is 18.1 Å². The number of hydrogen-bond donors (Lipinski definition) is 1. The highest BCUT2D eigenvalue weighted by molar-refractivity contribution is 6.47. The van der Waals surface area contributed by atoms with Crippen LogP contribution in [0.1, 0.15) is 42.1 Å². The van der Waals surface area contributed by atoms with Crippen LogP contribution in [-0.2, 0) is 25.5 Å². The summed E-state index contributed by atoms with van der Waals surface area (Å²) in [5.74, 6) is 0.846. The minimum Gasteiger partial charge on any atom is -0.535 e. The Morgan fingerprint density at radius 1 is 1.38 bits per heavy atom. The maximum absolute atomic E-state index is 12.1. The Balaban J connectivity index is 2.08. The molecular formula is C18H19BO7. The molecule has 8 heteroatoms. The van der Waals surface area contributed by atoms with Gasteiger partial charge in [0.25, 0.3) is 0 Å². The van der Waals surface area contributed by atoms with Crippen LogP contribution in [0.25, 0.3) is 0 Å². The van der Waals surface area contributed by atoms with Crippen LogP contribution in [-0.4, -0.2) is 36.7 Å². The van der Waals surface area contributed by atoms with Crippen molar-refractivity contribution in [3.05, 3.63) is 29.3 Å². The molecule has 0 saturated carbocycles. The molecule has 0 aliphatic carbocycles. The standard InChI is InChI=1S/C18H19BO7/c1-3-4-7-15(21)10-14-9-13-6-5-8-16(17(13)26-19(14)23)18(22)25-11-24-12(2)20/h1,5-6,8,14,23H,4,7,9-11H2,2H3/t14-/m1/s1. The molecule has 0 saturated heterocycles. The Labute approximate surface area is 151 Å². The molecule has 1 aliphatic heterocycles. The average molecular weight is 358 g/mol. The quantitative estimate of drug-likeness (QED) is 0.341. The van der Waals surface area contributed by atoms with Crippen LogP contribution in [0.15, 0.2) is 18.2 Å². The van der Waals surface area contributed by atoms with Gasteiger partial charge in [-0.25, -0.2) is 4.79 Å². The molecule has 136 valence electrons. The van der Waals surface area contributed by atoms with Crippen LogP contribution in [0.3, 0.4) is 0 Å². The van der Waals surface area contributed by atoms with Crippen LogP contribution in [0.4, 0.5) is 0 Å². The Kier molecular flexibility index (Phi) is 6.81. The van der Waals surface area contributed by atoms with Gasteiger partial charge < -0.3 is 19.2 Å². The minimum atomic E-state index is -1.22. The number of carbonyl (C=O) groups excluding carboxylic acids is 3. The third kappa shape index (κ3) is 5.10. The highest BCUT2D eigenvalue weighted by Gasteiger charge is 2.37. The summed E-state index contributed by atoms with van der Waals surface area (Å²) in [7, 11) is -1.22. The second kappa shape index (κ2) is 9.06. The number of rotatable bonds is 7. The van der Waals surface area contributed by atoms with Crippen molar-refractivity contribution in [2.24, 2.45) is 0 Å². The van der Waals surface area contributed by atoms with Gasteiger partial charge in [0.1, 0.15) is 17.1 Å². The van der Waals surface area contributed by atoms with E-state index in [-0.39, 0.29) is 29.9 Å². The molecule has 0 fully saturated rings. The number of para-hydroxylation sites is 1. The molecular weight excluding hydrogens is 339 g/mol. The number of carbonyl (C=O) groups is 3.